The Kier molecular flexibility index (Phi) is 10.8. The lowest BCUT2D eigenvalue weighted by atomic mass is 10.0. The number of fused-ring (bicyclic) bond motifs is 1. The summed E-state index contributed by atoms with van der Waals surface area (Å²) in [5.74, 6) is -1.51. The van der Waals surface area contributed by atoms with Crippen molar-refractivity contribution in [3.05, 3.63) is 107 Å². The van der Waals surface area contributed by atoms with Crippen LogP contribution in [0.2, 0.25) is 5.02 Å². The maximum atomic E-state index is 13.9. The predicted molar refractivity (Wildman–Crippen MR) is 167 cm³/mol. The Morgan fingerprint density at radius 3 is 2.43 bits per heavy atom. The quantitative estimate of drug-likeness (QED) is 0.317. The molecule has 2 N–H and O–H groups in total. The molecule has 240 valence electrons. The molecule has 4 rings (SSSR count). The summed E-state index contributed by atoms with van der Waals surface area (Å²) < 4.78 is 45.8. The first-order chi connectivity index (χ1) is 21.8. The summed E-state index contributed by atoms with van der Waals surface area (Å²) in [4.78, 5) is 58.5. The van der Waals surface area contributed by atoms with E-state index in [0.717, 1.165) is 6.07 Å². The third kappa shape index (κ3) is 8.51. The van der Waals surface area contributed by atoms with Crippen molar-refractivity contribution in [3.63, 3.8) is 0 Å². The number of hydrogen-bond acceptors (Lipinski definition) is 6. The van der Waals surface area contributed by atoms with Gasteiger partial charge >= 0.3 is 12.3 Å². The summed E-state index contributed by atoms with van der Waals surface area (Å²) in [6.45, 7) is -1.08. The van der Waals surface area contributed by atoms with Gasteiger partial charge in [0.2, 0.25) is 11.8 Å². The minimum Gasteiger partial charge on any atom is -0.446 e. The number of carbonyl (C=O) groups excluding carboxylic acids is 4. The molecule has 0 radical (unpaired) electrons. The Hall–Kier alpha value is -5.17. The zero-order valence-electron chi connectivity index (χ0n) is 24.7. The number of aliphatic imine (C=N–C) groups is 1. The molecule has 10 nitrogen and oxygen atoms in total. The van der Waals surface area contributed by atoms with E-state index in [0.29, 0.717) is 28.6 Å². The molecule has 4 amide bonds. The summed E-state index contributed by atoms with van der Waals surface area (Å²) in [5, 5.41) is 4.50. The van der Waals surface area contributed by atoms with Crippen LogP contribution in [0.1, 0.15) is 16.7 Å². The molecule has 0 unspecified atom stereocenters. The Labute approximate surface area is 267 Å². The maximum Gasteiger partial charge on any atom is 0.418 e. The van der Waals surface area contributed by atoms with Gasteiger partial charge in [-0.2, -0.15) is 13.2 Å². The Morgan fingerprint density at radius 1 is 1.04 bits per heavy atom. The average Bonchev–Trinajstić information content (AvgIpc) is 3.13. The van der Waals surface area contributed by atoms with Crippen LogP contribution >= 0.6 is 11.6 Å². The predicted octanol–water partition coefficient (Wildman–Crippen LogP) is 4.92. The first kappa shape index (κ1) is 33.7. The number of carbonyl (C=O) groups is 4. The smallest absolute Gasteiger partial charge is 0.418 e. The molecular weight excluding hydrogens is 627 g/mol. The van der Waals surface area contributed by atoms with E-state index < -0.39 is 54.5 Å². The van der Waals surface area contributed by atoms with Crippen LogP contribution in [0.5, 0.6) is 0 Å². The summed E-state index contributed by atoms with van der Waals surface area (Å²) in [5.41, 5.74) is 0.134. The van der Waals surface area contributed by atoms with Crippen molar-refractivity contribution in [2.45, 2.75) is 12.2 Å². The SMILES string of the molecule is CN(C)C(=O)/C=C/CNC(=O)CN1C(=O)[C@@H](COC(=O)Nc2ccc(Cl)cc2C(F)(F)F)N=C(c2ccccc2)c2ccccc21. The topological polar surface area (TPSA) is 120 Å². The van der Waals surface area contributed by atoms with Crippen molar-refractivity contribution in [2.24, 2.45) is 4.99 Å². The van der Waals surface area contributed by atoms with Crippen molar-refractivity contribution in [1.82, 2.24) is 10.2 Å². The van der Waals surface area contributed by atoms with Gasteiger partial charge in [0.15, 0.2) is 6.04 Å². The number of anilines is 2. The second-order valence-corrected chi connectivity index (χ2v) is 10.6. The van der Waals surface area contributed by atoms with E-state index in [1.165, 1.54) is 28.0 Å². The van der Waals surface area contributed by atoms with Gasteiger partial charge in [-0.15, -0.1) is 0 Å². The molecule has 1 aliphatic rings. The van der Waals surface area contributed by atoms with E-state index >= 15 is 0 Å². The normalized spacial score (nSPS) is 14.7. The van der Waals surface area contributed by atoms with Gasteiger partial charge in [0.05, 0.1) is 22.6 Å². The van der Waals surface area contributed by atoms with Crippen LogP contribution in [-0.4, -0.2) is 74.3 Å². The Balaban J connectivity index is 1.60. The van der Waals surface area contributed by atoms with Crippen LogP contribution < -0.4 is 15.5 Å². The molecule has 1 atom stereocenters. The molecule has 0 saturated heterocycles. The average molecular weight is 656 g/mol. The van der Waals surface area contributed by atoms with Gasteiger partial charge in [0.25, 0.3) is 5.91 Å². The summed E-state index contributed by atoms with van der Waals surface area (Å²) in [6, 6.07) is 17.1. The summed E-state index contributed by atoms with van der Waals surface area (Å²) >= 11 is 5.72. The monoisotopic (exact) mass is 655 g/mol. The lowest BCUT2D eigenvalue weighted by Crippen LogP contribution is -2.46. The fraction of sp³-hybridized carbons (Fsp3) is 0.219. The number of alkyl halides is 3. The lowest BCUT2D eigenvalue weighted by Gasteiger charge is -2.24. The molecule has 3 aromatic rings. The van der Waals surface area contributed by atoms with Crippen LogP contribution in [0.25, 0.3) is 0 Å². The van der Waals surface area contributed by atoms with Gasteiger partial charge < -0.3 is 19.9 Å². The third-order valence-electron chi connectivity index (χ3n) is 6.65. The zero-order valence-corrected chi connectivity index (χ0v) is 25.4. The van der Waals surface area contributed by atoms with E-state index in [1.54, 1.807) is 68.7 Å². The number of benzodiazepines with no additional fused rings is 1. The van der Waals surface area contributed by atoms with Crippen LogP contribution in [-0.2, 0) is 25.3 Å². The number of hydrogen-bond donors (Lipinski definition) is 2. The standard InChI is InChI=1S/C32H29ClF3N5O5/c1-40(2)28(43)13-8-16-37-27(42)18-41-26-12-7-6-11-22(26)29(20-9-4-3-5-10-20)38-25(30(41)44)19-46-31(45)39-24-15-14-21(33)17-23(24)32(34,35)36/h3-15,17,25H,16,18-19H2,1-2H3,(H,37,42)(H,39,45)/b13-8+/t25-/m1/s1. The number of benzene rings is 3. The van der Waals surface area contributed by atoms with Crippen molar-refractivity contribution in [3.8, 4) is 0 Å². The van der Waals surface area contributed by atoms with Crippen LogP contribution in [0.3, 0.4) is 0 Å². The Bertz CT molecular complexity index is 1680. The number of nitrogens with one attached hydrogen (secondary N) is 2. The van der Waals surface area contributed by atoms with Crippen LogP contribution in [0, 0.1) is 0 Å². The second-order valence-electron chi connectivity index (χ2n) is 10.2. The van der Waals surface area contributed by atoms with Crippen molar-refractivity contribution >= 4 is 52.5 Å². The number of para-hydroxylation sites is 1. The first-order valence-corrected chi connectivity index (χ1v) is 14.2. The highest BCUT2D eigenvalue weighted by Crippen LogP contribution is 2.36. The van der Waals surface area contributed by atoms with Crippen molar-refractivity contribution < 1.29 is 37.1 Å². The van der Waals surface area contributed by atoms with Crippen LogP contribution in [0.4, 0.5) is 29.3 Å². The number of likely N-dealkylation sites (N-methyl/N-ethyl adjacent to an activating group) is 1. The molecule has 0 bridgehead atoms. The van der Waals surface area contributed by atoms with Crippen molar-refractivity contribution in [1.29, 1.82) is 0 Å². The molecule has 14 heteroatoms. The summed E-state index contributed by atoms with van der Waals surface area (Å²) in [7, 11) is 3.17. The summed E-state index contributed by atoms with van der Waals surface area (Å²) in [6.07, 6.45) is -3.31. The minimum atomic E-state index is -4.82. The van der Waals surface area contributed by atoms with E-state index in [4.69, 9.17) is 16.3 Å². The second kappa shape index (κ2) is 14.7. The fourth-order valence-electron chi connectivity index (χ4n) is 4.43. The van der Waals surface area contributed by atoms with Gasteiger partial charge in [-0.25, -0.2) is 4.79 Å². The fourth-order valence-corrected chi connectivity index (χ4v) is 4.60. The molecule has 0 aromatic heterocycles. The van der Waals surface area contributed by atoms with E-state index in [1.807, 2.05) is 0 Å². The van der Waals surface area contributed by atoms with Gasteiger partial charge in [0.1, 0.15) is 13.2 Å². The van der Waals surface area contributed by atoms with Gasteiger partial charge in [-0.05, 0) is 24.3 Å². The van der Waals surface area contributed by atoms with Gasteiger partial charge in [0, 0.05) is 42.9 Å². The number of ether oxygens (including phenoxy) is 1. The molecule has 0 spiro atoms. The number of halogens is 4. The number of rotatable bonds is 9. The molecule has 1 aliphatic heterocycles. The van der Waals surface area contributed by atoms with E-state index in [9.17, 15) is 32.3 Å². The molecule has 0 fully saturated rings. The Morgan fingerprint density at radius 2 is 1.74 bits per heavy atom. The number of nitrogens with zero attached hydrogens (tertiary/aromatic N) is 3. The number of amides is 4. The lowest BCUT2D eigenvalue weighted by molar-refractivity contribution is -0.137. The molecule has 3 aromatic carbocycles. The molecular formula is C32H29ClF3N5O5. The van der Waals surface area contributed by atoms with E-state index in [-0.39, 0.29) is 17.5 Å². The maximum absolute atomic E-state index is 13.9. The molecule has 0 saturated carbocycles. The third-order valence-corrected chi connectivity index (χ3v) is 6.88. The molecule has 0 aliphatic carbocycles. The largest absolute Gasteiger partial charge is 0.446 e. The van der Waals surface area contributed by atoms with Gasteiger partial charge in [-0.1, -0.05) is 66.2 Å². The highest BCUT2D eigenvalue weighted by Gasteiger charge is 2.36. The highest BCUT2D eigenvalue weighted by atomic mass is 35.5. The molecule has 1 heterocycles. The zero-order chi connectivity index (χ0) is 33.4. The van der Waals surface area contributed by atoms with E-state index in [2.05, 4.69) is 15.6 Å². The minimum absolute atomic E-state index is 0.0190. The first-order valence-electron chi connectivity index (χ1n) is 13.8. The molecule has 46 heavy (non-hydrogen) atoms. The van der Waals surface area contributed by atoms with Crippen molar-refractivity contribution in [2.75, 3.05) is 44.0 Å². The highest BCUT2D eigenvalue weighted by molar-refractivity contribution is 6.30. The van der Waals surface area contributed by atoms with Gasteiger partial charge in [-0.3, -0.25) is 24.7 Å². The van der Waals surface area contributed by atoms with Crippen LogP contribution in [0.15, 0.2) is 89.9 Å².